The van der Waals surface area contributed by atoms with Gasteiger partial charge in [-0.2, -0.15) is 0 Å². The van der Waals surface area contributed by atoms with Gasteiger partial charge in [-0.05, 0) is 36.2 Å². The molecule has 0 saturated carbocycles. The van der Waals surface area contributed by atoms with E-state index in [0.29, 0.717) is 6.61 Å². The van der Waals surface area contributed by atoms with Crippen LogP contribution in [0, 0.1) is 0 Å². The molecule has 2 heterocycles. The first-order valence-corrected chi connectivity index (χ1v) is 10.2. The third kappa shape index (κ3) is 4.96. The van der Waals surface area contributed by atoms with Crippen molar-refractivity contribution in [3.63, 3.8) is 0 Å². The molecule has 0 aliphatic carbocycles. The second-order valence-corrected chi connectivity index (χ2v) is 7.32. The zero-order valence-corrected chi connectivity index (χ0v) is 17.5. The van der Waals surface area contributed by atoms with Crippen LogP contribution in [0.1, 0.15) is 17.4 Å². The molecule has 0 bridgehead atoms. The van der Waals surface area contributed by atoms with Crippen molar-refractivity contribution >= 4 is 0 Å². The first-order valence-electron chi connectivity index (χ1n) is 10.2. The van der Waals surface area contributed by atoms with E-state index >= 15 is 0 Å². The predicted octanol–water partition coefficient (Wildman–Crippen LogP) is 3.78. The molecule has 3 aromatic rings. The van der Waals surface area contributed by atoms with E-state index in [2.05, 4.69) is 22.0 Å². The van der Waals surface area contributed by atoms with Crippen molar-refractivity contribution in [1.82, 2.24) is 14.9 Å². The largest absolute Gasteiger partial charge is 0.497 e. The molecule has 0 radical (unpaired) electrons. The number of nitrogens with zero attached hydrogens (tertiary/aromatic N) is 3. The van der Waals surface area contributed by atoms with Gasteiger partial charge in [-0.3, -0.25) is 9.88 Å². The second-order valence-electron chi connectivity index (χ2n) is 7.32. The van der Waals surface area contributed by atoms with Gasteiger partial charge in [0.1, 0.15) is 17.6 Å². The Morgan fingerprint density at radius 3 is 2.67 bits per heavy atom. The van der Waals surface area contributed by atoms with Crippen LogP contribution in [-0.4, -0.2) is 55.3 Å². The van der Waals surface area contributed by atoms with Crippen LogP contribution in [0.2, 0.25) is 0 Å². The molecule has 30 heavy (non-hydrogen) atoms. The number of ether oxygens (including phenoxy) is 3. The summed E-state index contributed by atoms with van der Waals surface area (Å²) >= 11 is 0. The van der Waals surface area contributed by atoms with Gasteiger partial charge in [0.2, 0.25) is 0 Å². The summed E-state index contributed by atoms with van der Waals surface area (Å²) in [7, 11) is 3.35. The lowest BCUT2D eigenvalue weighted by Gasteiger charge is -2.32. The van der Waals surface area contributed by atoms with Gasteiger partial charge in [-0.25, -0.2) is 4.98 Å². The molecule has 6 heteroatoms. The smallest absolute Gasteiger partial charge is 0.119 e. The van der Waals surface area contributed by atoms with Crippen molar-refractivity contribution in [3.8, 4) is 22.8 Å². The number of morpholine rings is 1. The van der Waals surface area contributed by atoms with E-state index in [4.69, 9.17) is 19.2 Å². The fourth-order valence-corrected chi connectivity index (χ4v) is 3.62. The minimum Gasteiger partial charge on any atom is -0.497 e. The topological polar surface area (TPSA) is 56.7 Å². The molecule has 1 fully saturated rings. The molecule has 1 unspecified atom stereocenters. The maximum Gasteiger partial charge on any atom is 0.119 e. The molecule has 1 aliphatic rings. The Hall–Kier alpha value is -2.96. The van der Waals surface area contributed by atoms with E-state index in [1.54, 1.807) is 26.6 Å². The summed E-state index contributed by atoms with van der Waals surface area (Å²) in [5.74, 6) is 1.69. The SMILES string of the molecule is COc1ccc(CCN2CCOC(c3cncc(-c4cccc(OC)c4)n3)C2)cc1. The number of hydrogen-bond acceptors (Lipinski definition) is 6. The molecule has 0 spiro atoms. The molecule has 1 aliphatic heterocycles. The van der Waals surface area contributed by atoms with Crippen LogP contribution in [0.3, 0.4) is 0 Å². The summed E-state index contributed by atoms with van der Waals surface area (Å²) in [5, 5.41) is 0. The predicted molar refractivity (Wildman–Crippen MR) is 116 cm³/mol. The summed E-state index contributed by atoms with van der Waals surface area (Å²) in [6, 6.07) is 16.1. The maximum atomic E-state index is 6.03. The van der Waals surface area contributed by atoms with Crippen molar-refractivity contribution in [2.24, 2.45) is 0 Å². The summed E-state index contributed by atoms with van der Waals surface area (Å²) in [5.41, 5.74) is 3.98. The first kappa shape index (κ1) is 20.3. The van der Waals surface area contributed by atoms with Gasteiger partial charge < -0.3 is 14.2 Å². The van der Waals surface area contributed by atoms with Crippen LogP contribution in [-0.2, 0) is 11.2 Å². The van der Waals surface area contributed by atoms with Gasteiger partial charge in [-0.15, -0.1) is 0 Å². The lowest BCUT2D eigenvalue weighted by molar-refractivity contribution is -0.0317. The highest BCUT2D eigenvalue weighted by Gasteiger charge is 2.23. The Kier molecular flexibility index (Phi) is 6.57. The minimum atomic E-state index is -0.0762. The van der Waals surface area contributed by atoms with Gasteiger partial charge in [0.25, 0.3) is 0 Å². The third-order valence-electron chi connectivity index (χ3n) is 5.37. The van der Waals surface area contributed by atoms with Gasteiger partial charge in [0.05, 0.1) is 44.6 Å². The lowest BCUT2D eigenvalue weighted by Crippen LogP contribution is -2.39. The Balaban J connectivity index is 1.41. The van der Waals surface area contributed by atoms with Crippen LogP contribution >= 0.6 is 0 Å². The number of benzene rings is 2. The zero-order valence-electron chi connectivity index (χ0n) is 17.5. The third-order valence-corrected chi connectivity index (χ3v) is 5.37. The first-order chi connectivity index (χ1) is 14.7. The molecule has 1 atom stereocenters. The Morgan fingerprint density at radius 1 is 1.03 bits per heavy atom. The number of hydrogen-bond donors (Lipinski definition) is 0. The van der Waals surface area contributed by atoms with E-state index < -0.39 is 0 Å². The minimum absolute atomic E-state index is 0.0762. The summed E-state index contributed by atoms with van der Waals surface area (Å²) in [6.07, 6.45) is 4.50. The van der Waals surface area contributed by atoms with E-state index in [1.165, 1.54) is 5.56 Å². The van der Waals surface area contributed by atoms with Crippen LogP contribution < -0.4 is 9.47 Å². The van der Waals surface area contributed by atoms with Crippen molar-refractivity contribution in [2.75, 3.05) is 40.5 Å². The van der Waals surface area contributed by atoms with Gasteiger partial charge in [0, 0.05) is 25.2 Å². The Bertz CT molecular complexity index is 962. The van der Waals surface area contributed by atoms with Crippen LogP contribution in [0.15, 0.2) is 60.9 Å². The average molecular weight is 405 g/mol. The molecular weight excluding hydrogens is 378 g/mol. The van der Waals surface area contributed by atoms with Crippen molar-refractivity contribution in [2.45, 2.75) is 12.5 Å². The molecule has 0 amide bonds. The zero-order chi connectivity index (χ0) is 20.8. The van der Waals surface area contributed by atoms with E-state index in [-0.39, 0.29) is 6.10 Å². The number of methoxy groups -OCH3 is 2. The fraction of sp³-hybridized carbons (Fsp3) is 0.333. The maximum absolute atomic E-state index is 6.03. The second kappa shape index (κ2) is 9.69. The van der Waals surface area contributed by atoms with Crippen LogP contribution in [0.5, 0.6) is 11.5 Å². The normalized spacial score (nSPS) is 16.9. The fourth-order valence-electron chi connectivity index (χ4n) is 3.62. The number of rotatable bonds is 7. The van der Waals surface area contributed by atoms with E-state index in [0.717, 1.165) is 54.5 Å². The monoisotopic (exact) mass is 405 g/mol. The van der Waals surface area contributed by atoms with Gasteiger partial charge >= 0.3 is 0 Å². The quantitative estimate of drug-likeness (QED) is 0.596. The van der Waals surface area contributed by atoms with E-state index in [1.807, 2.05) is 36.4 Å². The van der Waals surface area contributed by atoms with Crippen molar-refractivity contribution in [3.05, 3.63) is 72.2 Å². The van der Waals surface area contributed by atoms with Crippen LogP contribution in [0.25, 0.3) is 11.3 Å². The summed E-state index contributed by atoms with van der Waals surface area (Å²) in [4.78, 5) is 11.7. The molecular formula is C24H27N3O3. The van der Waals surface area contributed by atoms with Crippen molar-refractivity contribution < 1.29 is 14.2 Å². The Labute approximate surface area is 177 Å². The molecule has 1 saturated heterocycles. The summed E-state index contributed by atoms with van der Waals surface area (Å²) in [6.45, 7) is 3.41. The van der Waals surface area contributed by atoms with Crippen LogP contribution in [0.4, 0.5) is 0 Å². The molecule has 2 aromatic carbocycles. The number of aromatic nitrogens is 2. The molecule has 4 rings (SSSR count). The van der Waals surface area contributed by atoms with Crippen molar-refractivity contribution in [1.29, 1.82) is 0 Å². The lowest BCUT2D eigenvalue weighted by atomic mass is 10.1. The van der Waals surface area contributed by atoms with Gasteiger partial charge in [-0.1, -0.05) is 24.3 Å². The molecule has 6 nitrogen and oxygen atoms in total. The molecule has 0 N–H and O–H groups in total. The highest BCUT2D eigenvalue weighted by atomic mass is 16.5. The highest BCUT2D eigenvalue weighted by Crippen LogP contribution is 2.25. The molecule has 1 aromatic heterocycles. The standard InChI is InChI=1S/C24H27N3O3/c1-28-20-8-6-18(7-9-20)10-11-27-12-13-30-24(17-27)23-16-25-15-22(26-23)19-4-3-5-21(14-19)29-2/h3-9,14-16,24H,10-13,17H2,1-2H3. The Morgan fingerprint density at radius 2 is 1.87 bits per heavy atom. The highest BCUT2D eigenvalue weighted by molar-refractivity contribution is 5.60. The van der Waals surface area contributed by atoms with Gasteiger partial charge in [0.15, 0.2) is 0 Å². The average Bonchev–Trinajstić information content (AvgIpc) is 2.83. The molecule has 156 valence electrons. The summed E-state index contributed by atoms with van der Waals surface area (Å²) < 4.78 is 16.6. The van der Waals surface area contributed by atoms with E-state index in [9.17, 15) is 0 Å².